The van der Waals surface area contributed by atoms with Crippen LogP contribution in [0.1, 0.15) is 48.8 Å². The summed E-state index contributed by atoms with van der Waals surface area (Å²) in [7, 11) is 0. The van der Waals surface area contributed by atoms with Gasteiger partial charge in [0.05, 0.1) is 38.2 Å². The van der Waals surface area contributed by atoms with Gasteiger partial charge in [-0.05, 0) is 30.4 Å². The molecule has 1 aromatic rings. The van der Waals surface area contributed by atoms with Gasteiger partial charge in [-0.1, -0.05) is 37.5 Å². The molecule has 1 N–H and O–H groups in total. The van der Waals surface area contributed by atoms with Crippen LogP contribution in [0.5, 0.6) is 0 Å². The van der Waals surface area contributed by atoms with Crippen molar-refractivity contribution in [1.29, 1.82) is 0 Å². The summed E-state index contributed by atoms with van der Waals surface area (Å²) in [5.41, 5.74) is 4.58. The van der Waals surface area contributed by atoms with Crippen LogP contribution < -0.4 is 0 Å². The number of hydrogen-bond acceptors (Lipinski definition) is 7. The number of nitrogens with zero attached hydrogens (tertiary/aromatic N) is 2. The first kappa shape index (κ1) is 20.9. The predicted molar refractivity (Wildman–Crippen MR) is 116 cm³/mol. The second-order valence-corrected chi connectivity index (χ2v) is 8.73. The lowest BCUT2D eigenvalue weighted by Gasteiger charge is -2.37. The Morgan fingerprint density at radius 1 is 1.16 bits per heavy atom. The molecule has 1 saturated carbocycles. The molecule has 1 unspecified atom stereocenters. The number of ether oxygens (including phenoxy) is 4. The Balaban J connectivity index is 1.26. The van der Waals surface area contributed by atoms with E-state index in [1.165, 1.54) is 43.2 Å². The van der Waals surface area contributed by atoms with Crippen molar-refractivity contribution in [3.63, 3.8) is 0 Å². The van der Waals surface area contributed by atoms with Crippen molar-refractivity contribution in [2.45, 2.75) is 63.7 Å². The largest absolute Gasteiger partial charge is 0.475 e. The number of fused-ring (bicyclic) bond motifs is 3. The average molecular weight is 429 g/mol. The molecule has 7 nitrogen and oxygen atoms in total. The molecule has 3 heterocycles. The van der Waals surface area contributed by atoms with Crippen molar-refractivity contribution in [3.05, 3.63) is 41.0 Å². The van der Waals surface area contributed by atoms with Gasteiger partial charge in [0.15, 0.2) is 0 Å². The lowest BCUT2D eigenvalue weighted by Crippen LogP contribution is -2.41. The van der Waals surface area contributed by atoms with Crippen LogP contribution in [0.2, 0.25) is 0 Å². The molecular formula is C24H32N2O5. The van der Waals surface area contributed by atoms with E-state index in [0.717, 1.165) is 24.2 Å². The van der Waals surface area contributed by atoms with Crippen LogP contribution in [0.4, 0.5) is 0 Å². The van der Waals surface area contributed by atoms with Crippen LogP contribution in [0.25, 0.3) is 5.70 Å². The summed E-state index contributed by atoms with van der Waals surface area (Å²) in [6.07, 6.45) is 8.46. The van der Waals surface area contributed by atoms with Crippen LogP contribution in [0.15, 0.2) is 29.3 Å². The first-order valence-corrected chi connectivity index (χ1v) is 11.6. The van der Waals surface area contributed by atoms with E-state index in [9.17, 15) is 5.11 Å². The molecule has 7 heteroatoms. The van der Waals surface area contributed by atoms with Crippen molar-refractivity contribution in [2.75, 3.05) is 33.0 Å². The quantitative estimate of drug-likeness (QED) is 0.778. The molecule has 3 aliphatic heterocycles. The van der Waals surface area contributed by atoms with Crippen molar-refractivity contribution < 1.29 is 24.1 Å². The van der Waals surface area contributed by atoms with Gasteiger partial charge < -0.3 is 29.0 Å². The standard InChI is InChI=1S/C24H32N2O5/c27-24-25-23(31-16-20-15-28-10-11-29-20)13-22-21-7-6-17(12-18(21)8-9-26(22)24)14-30-19-4-2-1-3-5-19/h6-7,12-13,19-20,24,27H,1-5,8-11,14-16H2/t20-,24?/m0/s1. The smallest absolute Gasteiger partial charge is 0.229 e. The molecule has 2 fully saturated rings. The molecule has 0 amide bonds. The molecule has 5 rings (SSSR count). The van der Waals surface area contributed by atoms with Crippen molar-refractivity contribution in [1.82, 2.24) is 4.90 Å². The Kier molecular flexibility index (Phi) is 6.55. The van der Waals surface area contributed by atoms with E-state index in [-0.39, 0.29) is 6.10 Å². The Morgan fingerprint density at radius 2 is 2.06 bits per heavy atom. The molecule has 0 bridgehead atoms. The highest BCUT2D eigenvalue weighted by molar-refractivity contribution is 5.97. The van der Waals surface area contributed by atoms with Gasteiger partial charge in [-0.15, -0.1) is 0 Å². The molecule has 0 spiro atoms. The van der Waals surface area contributed by atoms with E-state index in [1.54, 1.807) is 0 Å². The zero-order chi connectivity index (χ0) is 21.0. The normalized spacial score (nSPS) is 26.5. The lowest BCUT2D eigenvalue weighted by atomic mass is 9.93. The third-order valence-corrected chi connectivity index (χ3v) is 6.50. The summed E-state index contributed by atoms with van der Waals surface area (Å²) in [6.45, 7) is 3.48. The third kappa shape index (κ3) is 4.95. The van der Waals surface area contributed by atoms with E-state index in [4.69, 9.17) is 18.9 Å². The number of aliphatic hydroxyl groups excluding tert-OH is 1. The summed E-state index contributed by atoms with van der Waals surface area (Å²) < 4.78 is 23.1. The van der Waals surface area contributed by atoms with Crippen LogP contribution in [0, 0.1) is 0 Å². The molecule has 0 aromatic heterocycles. The maximum atomic E-state index is 10.6. The Morgan fingerprint density at radius 3 is 2.90 bits per heavy atom. The number of aliphatic hydroxyl groups is 1. The summed E-state index contributed by atoms with van der Waals surface area (Å²) in [4.78, 5) is 6.23. The minimum absolute atomic E-state index is 0.101. The van der Waals surface area contributed by atoms with Gasteiger partial charge in [-0.25, -0.2) is 0 Å². The first-order chi connectivity index (χ1) is 15.3. The number of aliphatic imine (C=N–C) groups is 1. The Bertz CT molecular complexity index is 827. The van der Waals surface area contributed by atoms with Gasteiger partial charge in [0.1, 0.15) is 12.7 Å². The second-order valence-electron chi connectivity index (χ2n) is 8.73. The molecule has 2 atom stereocenters. The van der Waals surface area contributed by atoms with Gasteiger partial charge in [-0.2, -0.15) is 4.99 Å². The van der Waals surface area contributed by atoms with E-state index in [0.29, 0.717) is 45.0 Å². The monoisotopic (exact) mass is 428 g/mol. The van der Waals surface area contributed by atoms with Crippen molar-refractivity contribution >= 4 is 11.6 Å². The summed E-state index contributed by atoms with van der Waals surface area (Å²) >= 11 is 0. The topological polar surface area (TPSA) is 72.8 Å². The summed E-state index contributed by atoms with van der Waals surface area (Å²) in [6, 6.07) is 6.53. The highest BCUT2D eigenvalue weighted by atomic mass is 16.6. The predicted octanol–water partition coefficient (Wildman–Crippen LogP) is 2.85. The fourth-order valence-electron chi connectivity index (χ4n) is 4.78. The Hall–Kier alpha value is -1.93. The van der Waals surface area contributed by atoms with E-state index >= 15 is 0 Å². The van der Waals surface area contributed by atoms with Crippen LogP contribution in [-0.2, 0) is 32.0 Å². The molecule has 1 saturated heterocycles. The molecule has 31 heavy (non-hydrogen) atoms. The number of rotatable bonds is 5. The van der Waals surface area contributed by atoms with E-state index in [2.05, 4.69) is 23.2 Å². The maximum absolute atomic E-state index is 10.6. The summed E-state index contributed by atoms with van der Waals surface area (Å²) in [5.74, 6) is 0.436. The van der Waals surface area contributed by atoms with Gasteiger partial charge in [0.2, 0.25) is 12.2 Å². The number of benzene rings is 1. The summed E-state index contributed by atoms with van der Waals surface area (Å²) in [5, 5.41) is 10.6. The van der Waals surface area contributed by atoms with Crippen LogP contribution in [0.3, 0.4) is 0 Å². The minimum atomic E-state index is -0.930. The Labute approximate surface area is 183 Å². The molecule has 4 aliphatic rings. The van der Waals surface area contributed by atoms with Gasteiger partial charge in [-0.3, -0.25) is 0 Å². The van der Waals surface area contributed by atoms with E-state index in [1.807, 2.05) is 11.0 Å². The lowest BCUT2D eigenvalue weighted by molar-refractivity contribution is -0.103. The van der Waals surface area contributed by atoms with Crippen molar-refractivity contribution in [3.8, 4) is 0 Å². The SMILES string of the molecule is OC1N=C(OC[C@@H]2COCCO2)C=C2c3ccc(COC4CCCCC4)cc3CCN21. The average Bonchev–Trinajstić information content (AvgIpc) is 2.82. The zero-order valence-electron chi connectivity index (χ0n) is 18.0. The molecule has 168 valence electrons. The fraction of sp³-hybridized carbons (Fsp3) is 0.625. The minimum Gasteiger partial charge on any atom is -0.475 e. The fourth-order valence-corrected chi connectivity index (χ4v) is 4.78. The third-order valence-electron chi connectivity index (χ3n) is 6.50. The highest BCUT2D eigenvalue weighted by Crippen LogP contribution is 2.33. The van der Waals surface area contributed by atoms with Gasteiger partial charge in [0.25, 0.3) is 0 Å². The van der Waals surface area contributed by atoms with Crippen LogP contribution >= 0.6 is 0 Å². The zero-order valence-corrected chi connectivity index (χ0v) is 18.0. The van der Waals surface area contributed by atoms with Gasteiger partial charge in [0, 0.05) is 18.2 Å². The van der Waals surface area contributed by atoms with Crippen LogP contribution in [-0.4, -0.2) is 67.4 Å². The number of hydrogen-bond donors (Lipinski definition) is 1. The molecule has 1 aliphatic carbocycles. The second kappa shape index (κ2) is 9.69. The maximum Gasteiger partial charge on any atom is 0.229 e. The first-order valence-electron chi connectivity index (χ1n) is 11.6. The molecule has 1 aromatic carbocycles. The molecular weight excluding hydrogens is 396 g/mol. The van der Waals surface area contributed by atoms with Crippen molar-refractivity contribution in [2.24, 2.45) is 4.99 Å². The van der Waals surface area contributed by atoms with E-state index < -0.39 is 6.35 Å². The highest BCUT2D eigenvalue weighted by Gasteiger charge is 2.30. The molecule has 0 radical (unpaired) electrons. The van der Waals surface area contributed by atoms with Gasteiger partial charge >= 0.3 is 0 Å².